The SMILES string of the molecule is COc1cccc([C@H](CN)c2ccc(F)cc2)c1.NCC(F)(F)F.Nc1cccc(F)c1CC[C@@H]1CN[C@H](CO)CO1. The molecular formula is C30H39F5N4O3. The molecule has 0 aromatic heterocycles. The molecule has 1 fully saturated rings. The molecule has 1 aliphatic heterocycles. The van der Waals surface area contributed by atoms with Crippen LogP contribution < -0.4 is 27.3 Å². The molecule has 4 rings (SSSR count). The van der Waals surface area contributed by atoms with Crippen molar-refractivity contribution in [3.63, 3.8) is 0 Å². The van der Waals surface area contributed by atoms with Crippen LogP contribution >= 0.6 is 0 Å². The Kier molecular flexibility index (Phi) is 14.6. The van der Waals surface area contributed by atoms with Crippen molar-refractivity contribution in [3.8, 4) is 5.75 Å². The number of alkyl halides is 3. The van der Waals surface area contributed by atoms with E-state index in [9.17, 15) is 22.0 Å². The second-order valence-corrected chi connectivity index (χ2v) is 9.53. The summed E-state index contributed by atoms with van der Waals surface area (Å²) in [6.45, 7) is 0.492. The van der Waals surface area contributed by atoms with Crippen molar-refractivity contribution in [2.75, 3.05) is 45.7 Å². The summed E-state index contributed by atoms with van der Waals surface area (Å²) in [7, 11) is 1.63. The average molecular weight is 599 g/mol. The third-order valence-corrected chi connectivity index (χ3v) is 6.49. The van der Waals surface area contributed by atoms with Crippen LogP contribution in [0.25, 0.3) is 0 Å². The maximum Gasteiger partial charge on any atom is 0.400 e. The van der Waals surface area contributed by atoms with E-state index in [1.807, 2.05) is 24.3 Å². The van der Waals surface area contributed by atoms with E-state index in [-0.39, 0.29) is 36.3 Å². The molecule has 42 heavy (non-hydrogen) atoms. The second-order valence-electron chi connectivity index (χ2n) is 9.53. The molecule has 1 heterocycles. The van der Waals surface area contributed by atoms with Gasteiger partial charge < -0.3 is 37.1 Å². The van der Waals surface area contributed by atoms with Gasteiger partial charge in [-0.2, -0.15) is 13.2 Å². The van der Waals surface area contributed by atoms with E-state index in [1.54, 1.807) is 31.4 Å². The van der Waals surface area contributed by atoms with Crippen LogP contribution in [0.2, 0.25) is 0 Å². The molecule has 0 unspecified atom stereocenters. The van der Waals surface area contributed by atoms with Gasteiger partial charge in [-0.1, -0.05) is 30.3 Å². The van der Waals surface area contributed by atoms with E-state index in [2.05, 4.69) is 11.1 Å². The fourth-order valence-electron chi connectivity index (χ4n) is 4.13. The largest absolute Gasteiger partial charge is 0.497 e. The number of hydrogen-bond donors (Lipinski definition) is 5. The molecule has 0 spiro atoms. The Labute approximate surface area is 242 Å². The van der Waals surface area contributed by atoms with E-state index in [0.717, 1.165) is 23.3 Å². The highest BCUT2D eigenvalue weighted by molar-refractivity contribution is 5.47. The Balaban J connectivity index is 0.000000247. The Hall–Kier alpha value is -3.29. The Morgan fingerprint density at radius 3 is 2.21 bits per heavy atom. The minimum absolute atomic E-state index is 0.0137. The lowest BCUT2D eigenvalue weighted by molar-refractivity contribution is -0.118. The van der Waals surface area contributed by atoms with Gasteiger partial charge in [0.2, 0.25) is 0 Å². The van der Waals surface area contributed by atoms with Crippen molar-refractivity contribution in [2.45, 2.75) is 37.1 Å². The van der Waals surface area contributed by atoms with Crippen LogP contribution in [-0.2, 0) is 11.2 Å². The van der Waals surface area contributed by atoms with Gasteiger partial charge in [0.1, 0.15) is 17.4 Å². The van der Waals surface area contributed by atoms with Crippen molar-refractivity contribution in [3.05, 3.63) is 95.1 Å². The number of morpholine rings is 1. The number of anilines is 1. The maximum absolute atomic E-state index is 13.6. The molecule has 0 saturated carbocycles. The summed E-state index contributed by atoms with van der Waals surface area (Å²) in [6, 6.07) is 19.0. The molecular weight excluding hydrogens is 559 g/mol. The van der Waals surface area contributed by atoms with Crippen LogP contribution in [0.4, 0.5) is 27.6 Å². The highest BCUT2D eigenvalue weighted by atomic mass is 19.4. The zero-order chi connectivity index (χ0) is 31.1. The number of nitrogens with two attached hydrogens (primary N) is 3. The summed E-state index contributed by atoms with van der Waals surface area (Å²) in [4.78, 5) is 0. The predicted octanol–water partition coefficient (Wildman–Crippen LogP) is 4.12. The first-order chi connectivity index (χ1) is 20.0. The molecule has 0 amide bonds. The molecule has 3 aromatic rings. The van der Waals surface area contributed by atoms with E-state index < -0.39 is 12.7 Å². The number of methoxy groups -OCH3 is 1. The number of benzene rings is 3. The van der Waals surface area contributed by atoms with Crippen LogP contribution in [-0.4, -0.2) is 63.4 Å². The van der Waals surface area contributed by atoms with E-state index in [4.69, 9.17) is 26.0 Å². The van der Waals surface area contributed by atoms with E-state index in [1.165, 1.54) is 18.2 Å². The Morgan fingerprint density at radius 2 is 1.69 bits per heavy atom. The molecule has 232 valence electrons. The molecule has 0 aliphatic carbocycles. The van der Waals surface area contributed by atoms with Gasteiger partial charge in [0, 0.05) is 30.3 Å². The van der Waals surface area contributed by atoms with Crippen LogP contribution in [0.1, 0.15) is 29.0 Å². The lowest BCUT2D eigenvalue weighted by Gasteiger charge is -2.29. The van der Waals surface area contributed by atoms with Gasteiger partial charge in [0.25, 0.3) is 0 Å². The van der Waals surface area contributed by atoms with Gasteiger partial charge in [-0.3, -0.25) is 0 Å². The van der Waals surface area contributed by atoms with Gasteiger partial charge in [-0.15, -0.1) is 0 Å². The lowest BCUT2D eigenvalue weighted by atomic mass is 9.91. The first-order valence-electron chi connectivity index (χ1n) is 13.4. The molecule has 0 radical (unpaired) electrons. The fraction of sp³-hybridized carbons (Fsp3) is 0.400. The van der Waals surface area contributed by atoms with Gasteiger partial charge in [-0.05, 0) is 60.4 Å². The molecule has 3 aromatic carbocycles. The molecule has 3 atom stereocenters. The molecule has 0 bridgehead atoms. The molecule has 1 aliphatic rings. The van der Waals surface area contributed by atoms with E-state index in [0.29, 0.717) is 37.4 Å². The normalized spacial score (nSPS) is 17.3. The zero-order valence-electron chi connectivity index (χ0n) is 23.4. The number of rotatable bonds is 8. The highest BCUT2D eigenvalue weighted by Crippen LogP contribution is 2.26. The fourth-order valence-corrected chi connectivity index (χ4v) is 4.13. The topological polar surface area (TPSA) is 129 Å². The summed E-state index contributed by atoms with van der Waals surface area (Å²) in [5, 5.41) is 12.1. The third kappa shape index (κ3) is 11.9. The average Bonchev–Trinajstić information content (AvgIpc) is 2.99. The van der Waals surface area contributed by atoms with Gasteiger partial charge in [0.05, 0.1) is 39.0 Å². The smallest absolute Gasteiger partial charge is 0.400 e. The van der Waals surface area contributed by atoms with Crippen LogP contribution in [0.3, 0.4) is 0 Å². The van der Waals surface area contributed by atoms with Crippen molar-refractivity contribution in [1.29, 1.82) is 0 Å². The van der Waals surface area contributed by atoms with Crippen LogP contribution in [0.5, 0.6) is 5.75 Å². The molecule has 12 heteroatoms. The number of aliphatic hydroxyl groups excluding tert-OH is 1. The van der Waals surface area contributed by atoms with Crippen molar-refractivity contribution >= 4 is 5.69 Å². The van der Waals surface area contributed by atoms with Gasteiger partial charge in [0.15, 0.2) is 0 Å². The quantitative estimate of drug-likeness (QED) is 0.195. The molecule has 1 saturated heterocycles. The Morgan fingerprint density at radius 1 is 1.02 bits per heavy atom. The summed E-state index contributed by atoms with van der Waals surface area (Å²) < 4.78 is 69.3. The summed E-state index contributed by atoms with van der Waals surface area (Å²) in [6.07, 6.45) is -2.85. The van der Waals surface area contributed by atoms with Crippen molar-refractivity contribution in [1.82, 2.24) is 5.32 Å². The summed E-state index contributed by atoms with van der Waals surface area (Å²) in [5.41, 5.74) is 18.9. The summed E-state index contributed by atoms with van der Waals surface area (Å²) in [5.74, 6) is 0.362. The molecule has 7 nitrogen and oxygen atoms in total. The number of aliphatic hydroxyl groups is 1. The number of ether oxygens (including phenoxy) is 2. The first kappa shape index (κ1) is 34.9. The number of hydrogen-bond acceptors (Lipinski definition) is 7. The number of nitrogen functional groups attached to an aromatic ring is 1. The van der Waals surface area contributed by atoms with E-state index >= 15 is 0 Å². The minimum Gasteiger partial charge on any atom is -0.497 e. The number of nitrogens with one attached hydrogen (secondary N) is 1. The first-order valence-corrected chi connectivity index (χ1v) is 13.4. The van der Waals surface area contributed by atoms with Crippen LogP contribution in [0.15, 0.2) is 66.7 Å². The van der Waals surface area contributed by atoms with Crippen molar-refractivity contribution in [2.24, 2.45) is 11.5 Å². The monoisotopic (exact) mass is 598 g/mol. The lowest BCUT2D eigenvalue weighted by Crippen LogP contribution is -2.48. The minimum atomic E-state index is -4.18. The van der Waals surface area contributed by atoms with Gasteiger partial charge in [-0.25, -0.2) is 8.78 Å². The van der Waals surface area contributed by atoms with Crippen molar-refractivity contribution < 1.29 is 36.5 Å². The van der Waals surface area contributed by atoms with Crippen LogP contribution in [0, 0.1) is 11.6 Å². The maximum atomic E-state index is 13.6. The Bertz CT molecular complexity index is 1170. The zero-order valence-corrected chi connectivity index (χ0v) is 23.4. The predicted molar refractivity (Wildman–Crippen MR) is 153 cm³/mol. The molecule has 8 N–H and O–H groups in total. The second kappa shape index (κ2) is 17.6. The summed E-state index contributed by atoms with van der Waals surface area (Å²) >= 11 is 0. The third-order valence-electron chi connectivity index (χ3n) is 6.49. The van der Waals surface area contributed by atoms with Gasteiger partial charge >= 0.3 is 6.18 Å². The highest BCUT2D eigenvalue weighted by Gasteiger charge is 2.23. The number of halogens is 5. The standard InChI is InChI=1S/C15H16FNO.C13H19FN2O2.C2H4F3N/c1-18-14-4-2-3-12(9-14)15(10-17)11-5-7-13(16)8-6-11;14-12-2-1-3-13(15)11(12)5-4-10-6-16-9(7-17)8-18-10;3-2(4,5)1-6/h2-9,15H,10,17H2,1H3;1-3,9-10,16-17H,4-8,15H2;1,6H2/t15-;9-,10-;/m11./s1.